The molecule has 12 rings (SSSR count). The van der Waals surface area contributed by atoms with Crippen LogP contribution in [0.25, 0.3) is 88.6 Å². The minimum atomic E-state index is -0.417. The number of aryl methyl sites for hydroxylation is 1. The summed E-state index contributed by atoms with van der Waals surface area (Å²) in [6, 6.07) is 89.0. The molecule has 0 aliphatic carbocycles. The fourth-order valence-corrected chi connectivity index (χ4v) is 10.0. The van der Waals surface area contributed by atoms with Crippen molar-refractivity contribution in [3.63, 3.8) is 0 Å². The molecule has 12 aromatic rings. The Morgan fingerprint density at radius 2 is 0.560 bits per heavy atom. The third-order valence-corrected chi connectivity index (χ3v) is 17.9. The SMILES string of the molecule is CC(C)(C)C(=O)C=C(O)C(C)(C)C.CC(C)(C)C(=O)C=C(O)C(C)(C)C.CC(C)(C)C(=O)C=C(O)C(C)(C)C.CC(C)(C)c1c[c-]c(-c2ccc3ccccc3n2)cc1.CC(C)(C)c1c[c-]c(-c2ccc3ccccc3n2)cc1.Cc1cc2ccccc2nc1-c1[c-]cccc1.[Ir].[Ir].[Ir].[Ir].[c-]1ccccc1-c1ccc2ccccc2n1. The molecule has 0 bridgehead atoms. The zero-order chi connectivity index (χ0) is 83.4. The van der Waals surface area contributed by atoms with Crippen molar-refractivity contribution in [2.24, 2.45) is 32.5 Å². The molecule has 8 aromatic carbocycles. The average molecular weight is 2260 g/mol. The van der Waals surface area contributed by atoms with Crippen molar-refractivity contribution < 1.29 is 110 Å². The molecule has 4 aromatic heterocycles. The number of rotatable bonds is 7. The van der Waals surface area contributed by atoms with Crippen molar-refractivity contribution in [1.82, 2.24) is 19.9 Å². The Labute approximate surface area is 747 Å². The molecule has 0 amide bonds. The van der Waals surface area contributed by atoms with Crippen LogP contribution in [0.15, 0.2) is 260 Å². The molecule has 0 aliphatic rings. The molecular formula is C102H118Ir4N4O6-4. The second-order valence-corrected chi connectivity index (χ2v) is 36.2. The molecule has 4 heterocycles. The summed E-state index contributed by atoms with van der Waals surface area (Å²) in [6.45, 7) is 48.7. The number of aliphatic hydroxyl groups is 3. The molecule has 4 radical (unpaired) electrons. The first-order valence-corrected chi connectivity index (χ1v) is 38.3. The molecule has 0 aliphatic heterocycles. The van der Waals surface area contributed by atoms with Crippen molar-refractivity contribution in [2.45, 2.75) is 184 Å². The second kappa shape index (κ2) is 45.0. The van der Waals surface area contributed by atoms with Crippen LogP contribution in [-0.2, 0) is 106 Å². The maximum absolute atomic E-state index is 11.5. The van der Waals surface area contributed by atoms with Crippen molar-refractivity contribution in [3.05, 3.63) is 301 Å². The third kappa shape index (κ3) is 33.2. The van der Waals surface area contributed by atoms with Gasteiger partial charge in [-0.2, -0.15) is 0 Å². The molecule has 0 atom stereocenters. The Bertz CT molecular complexity index is 4960. The fourth-order valence-electron chi connectivity index (χ4n) is 10.0. The van der Waals surface area contributed by atoms with Gasteiger partial charge in [-0.3, -0.25) is 34.3 Å². The smallest absolute Gasteiger partial charge is 0.164 e. The summed E-state index contributed by atoms with van der Waals surface area (Å²) >= 11 is 0. The number of fused-ring (bicyclic) bond motifs is 4. The van der Waals surface area contributed by atoms with Crippen molar-refractivity contribution in [3.8, 4) is 45.0 Å². The van der Waals surface area contributed by atoms with E-state index in [4.69, 9.17) is 15.0 Å². The number of aromatic nitrogens is 4. The van der Waals surface area contributed by atoms with E-state index in [1.54, 1.807) is 0 Å². The normalized spacial score (nSPS) is 11.9. The van der Waals surface area contributed by atoms with Gasteiger partial charge in [-0.25, -0.2) is 0 Å². The first-order chi connectivity index (χ1) is 52.0. The number of aliphatic hydroxyl groups excluding tert-OH is 3. The van der Waals surface area contributed by atoms with Gasteiger partial charge in [0.2, 0.25) is 0 Å². The second-order valence-electron chi connectivity index (χ2n) is 36.2. The first-order valence-electron chi connectivity index (χ1n) is 38.3. The van der Waals surface area contributed by atoms with Crippen LogP contribution < -0.4 is 0 Å². The zero-order valence-corrected chi connectivity index (χ0v) is 81.9. The van der Waals surface area contributed by atoms with Crippen LogP contribution in [0.5, 0.6) is 0 Å². The molecule has 3 N–H and O–H groups in total. The van der Waals surface area contributed by atoms with E-state index in [1.165, 1.54) is 56.5 Å². The maximum atomic E-state index is 11.5. The van der Waals surface area contributed by atoms with E-state index >= 15 is 0 Å². The number of pyridine rings is 4. The van der Waals surface area contributed by atoms with Gasteiger partial charge in [0, 0.05) is 131 Å². The van der Waals surface area contributed by atoms with Gasteiger partial charge in [0.15, 0.2) is 17.3 Å². The number of para-hydroxylation sites is 4. The number of hydrogen-bond donors (Lipinski definition) is 3. The van der Waals surface area contributed by atoms with Crippen molar-refractivity contribution >= 4 is 61.0 Å². The predicted molar refractivity (Wildman–Crippen MR) is 470 cm³/mol. The third-order valence-electron chi connectivity index (χ3n) is 17.9. The molecule has 0 unspecified atom stereocenters. The molecule has 0 saturated carbocycles. The van der Waals surface area contributed by atoms with Gasteiger partial charge in [-0.05, 0) is 86.3 Å². The van der Waals surface area contributed by atoms with Gasteiger partial charge in [0.1, 0.15) is 17.3 Å². The van der Waals surface area contributed by atoms with E-state index in [0.717, 1.165) is 67.1 Å². The van der Waals surface area contributed by atoms with Gasteiger partial charge in [-0.1, -0.05) is 287 Å². The molecule has 0 fully saturated rings. The number of carbonyl (C=O) groups excluding carboxylic acids is 3. The Morgan fingerprint density at radius 3 is 0.819 bits per heavy atom. The Balaban J connectivity index is 0.000000460. The standard InChI is InChI=1S/2C19H18N.C16H12N.C15H10N.3C11H20O2.4Ir/c2*1-19(2,3)16-11-8-15(9-12-16)18-13-10-14-6-4-5-7-17(14)20-18;1-12-11-14-9-5-6-10-15(14)17-16(12)13-7-3-2-4-8-13;1-2-6-12(7-3-1)15-11-10-13-8-4-5-9-14(13)16-15;3*1-10(2,3)8(12)7-9(13)11(4,5)6;;;;/h2*4-8,10-13H,1-3H3;2-7,9-11H,1H3;1-6,8-11H;3*7,12H,1-6H3;;;;/q4*-1;;;;;;;. The number of benzene rings is 8. The first kappa shape index (κ1) is 104. The van der Waals surface area contributed by atoms with E-state index < -0.39 is 16.2 Å². The minimum absolute atomic E-state index is 0. The van der Waals surface area contributed by atoms with Crippen molar-refractivity contribution in [2.75, 3.05) is 0 Å². The maximum Gasteiger partial charge on any atom is 0.164 e. The van der Waals surface area contributed by atoms with Gasteiger partial charge >= 0.3 is 0 Å². The van der Waals surface area contributed by atoms with Gasteiger partial charge in [0.25, 0.3) is 0 Å². The minimum Gasteiger partial charge on any atom is -0.512 e. The molecule has 0 saturated heterocycles. The van der Waals surface area contributed by atoms with E-state index in [2.05, 4.69) is 175 Å². The van der Waals surface area contributed by atoms with Crippen LogP contribution in [-0.4, -0.2) is 52.6 Å². The predicted octanol–water partition coefficient (Wildman–Crippen LogP) is 27.0. The van der Waals surface area contributed by atoms with E-state index in [1.807, 2.05) is 252 Å². The van der Waals surface area contributed by atoms with Gasteiger partial charge in [0.05, 0.1) is 22.1 Å². The van der Waals surface area contributed by atoms with Gasteiger partial charge in [-0.15, -0.1) is 143 Å². The number of nitrogens with zero attached hydrogens (tertiary/aromatic N) is 4. The molecular weight excluding hydrogens is 2150 g/mol. The monoisotopic (exact) mass is 2270 g/mol. The summed E-state index contributed by atoms with van der Waals surface area (Å²) in [5.74, 6) is 0.312. The van der Waals surface area contributed by atoms with Crippen LogP contribution in [0, 0.1) is 63.7 Å². The topological polar surface area (TPSA) is 163 Å². The van der Waals surface area contributed by atoms with Gasteiger partial charge < -0.3 is 15.3 Å². The molecule has 14 heteroatoms. The van der Waals surface area contributed by atoms with E-state index in [9.17, 15) is 29.7 Å². The number of allylic oxidation sites excluding steroid dienone is 6. The Hall–Kier alpha value is -8.37. The van der Waals surface area contributed by atoms with E-state index in [0.29, 0.717) is 0 Å². The summed E-state index contributed by atoms with van der Waals surface area (Å²) in [5.41, 5.74) is 14.0. The Morgan fingerprint density at radius 1 is 0.293 bits per heavy atom. The molecule has 622 valence electrons. The van der Waals surface area contributed by atoms with Crippen LogP contribution in [0.1, 0.15) is 183 Å². The molecule has 10 nitrogen and oxygen atoms in total. The number of ketones is 3. The van der Waals surface area contributed by atoms with Crippen LogP contribution in [0.3, 0.4) is 0 Å². The summed E-state index contributed by atoms with van der Waals surface area (Å²) < 4.78 is 0. The largest absolute Gasteiger partial charge is 0.512 e. The summed E-state index contributed by atoms with van der Waals surface area (Å²) in [4.78, 5) is 53.2. The number of carbonyl (C=O) groups is 3. The summed E-state index contributed by atoms with van der Waals surface area (Å²) in [7, 11) is 0. The summed E-state index contributed by atoms with van der Waals surface area (Å²) in [6.07, 6.45) is 4.00. The Kier molecular flexibility index (Phi) is 40.2. The average Bonchev–Trinajstić information content (AvgIpc) is 0.819. The van der Waals surface area contributed by atoms with Crippen LogP contribution >= 0.6 is 0 Å². The molecule has 116 heavy (non-hydrogen) atoms. The van der Waals surface area contributed by atoms with E-state index in [-0.39, 0.29) is 142 Å². The van der Waals surface area contributed by atoms with Crippen LogP contribution in [0.4, 0.5) is 0 Å². The molecule has 0 spiro atoms. The number of hydrogen-bond acceptors (Lipinski definition) is 10. The zero-order valence-electron chi connectivity index (χ0n) is 72.3. The van der Waals surface area contributed by atoms with Crippen molar-refractivity contribution in [1.29, 1.82) is 0 Å². The summed E-state index contributed by atoms with van der Waals surface area (Å²) in [5, 5.41) is 33.4. The quantitative estimate of drug-likeness (QED) is 0.0795. The van der Waals surface area contributed by atoms with Crippen LogP contribution in [0.2, 0.25) is 0 Å². The fraction of sp³-hybridized carbons (Fsp3) is 0.324.